The van der Waals surface area contributed by atoms with Crippen LogP contribution < -0.4 is 0 Å². The second-order valence-electron chi connectivity index (χ2n) is 2.88. The zero-order valence-electron chi connectivity index (χ0n) is 8.17. The maximum absolute atomic E-state index is 13.1. The molecule has 0 radical (unpaired) electrons. The number of carbonyl (C=O) groups is 1. The van der Waals surface area contributed by atoms with Gasteiger partial charge in [-0.15, -0.1) is 0 Å². The lowest BCUT2D eigenvalue weighted by atomic mass is 10.2. The number of hydrogen-bond acceptors (Lipinski definition) is 2. The summed E-state index contributed by atoms with van der Waals surface area (Å²) in [5, 5.41) is 0. The highest BCUT2D eigenvalue weighted by atomic mass is 79.9. The fourth-order valence-corrected chi connectivity index (χ4v) is 1.21. The Kier molecular flexibility index (Phi) is 4.49. The topological polar surface area (TPSA) is 26.3 Å². The zero-order chi connectivity index (χ0) is 11.3. The van der Waals surface area contributed by atoms with E-state index >= 15 is 0 Å². The summed E-state index contributed by atoms with van der Waals surface area (Å²) in [6.45, 7) is 1.54. The third-order valence-corrected chi connectivity index (χ3v) is 2.28. The summed E-state index contributed by atoms with van der Waals surface area (Å²) in [6, 6.07) is 4.78. The van der Waals surface area contributed by atoms with E-state index in [1.165, 1.54) is 13.0 Å². The van der Waals surface area contributed by atoms with Gasteiger partial charge in [-0.2, -0.15) is 0 Å². The second-order valence-corrected chi connectivity index (χ2v) is 3.73. The Hall–Kier alpha value is -1.16. The summed E-state index contributed by atoms with van der Waals surface area (Å²) in [7, 11) is 0. The molecule has 0 aliphatic rings. The number of benzene rings is 1. The summed E-state index contributed by atoms with van der Waals surface area (Å²) in [5.74, 6) is -0.647. The van der Waals surface area contributed by atoms with E-state index in [2.05, 4.69) is 20.7 Å². The van der Waals surface area contributed by atoms with Crippen molar-refractivity contribution in [1.29, 1.82) is 0 Å². The molecule has 15 heavy (non-hydrogen) atoms. The lowest BCUT2D eigenvalue weighted by molar-refractivity contribution is -0.139. The quantitative estimate of drug-likeness (QED) is 0.791. The van der Waals surface area contributed by atoms with E-state index in [1.54, 1.807) is 24.3 Å². The first-order valence-corrected chi connectivity index (χ1v) is 5.14. The maximum atomic E-state index is 13.1. The summed E-state index contributed by atoms with van der Waals surface area (Å²) in [5.41, 5.74) is 0.725. The molecule has 80 valence electrons. The fraction of sp³-hybridized carbons (Fsp3) is 0.182. The van der Waals surface area contributed by atoms with Gasteiger partial charge in [-0.05, 0) is 39.7 Å². The highest BCUT2D eigenvalue weighted by Crippen LogP contribution is 2.16. The molecule has 0 atom stereocenters. The lowest BCUT2D eigenvalue weighted by Gasteiger charge is -1.97. The smallest absolute Gasteiger partial charge is 0.302 e. The Bertz CT molecular complexity index is 388. The number of carbonyl (C=O) groups excluding carboxylic acids is 1. The normalized spacial score (nSPS) is 10.6. The summed E-state index contributed by atoms with van der Waals surface area (Å²) in [4.78, 5) is 10.4. The minimum absolute atomic E-state index is 0.201. The van der Waals surface area contributed by atoms with E-state index in [-0.39, 0.29) is 18.4 Å². The van der Waals surface area contributed by atoms with Gasteiger partial charge in [-0.1, -0.05) is 12.1 Å². The van der Waals surface area contributed by atoms with Crippen LogP contribution in [0.2, 0.25) is 0 Å². The number of esters is 1. The Morgan fingerprint density at radius 3 is 2.93 bits per heavy atom. The van der Waals surface area contributed by atoms with Crippen molar-refractivity contribution in [1.82, 2.24) is 0 Å². The molecule has 1 aromatic carbocycles. The molecular formula is C11H10BrFO2. The minimum Gasteiger partial charge on any atom is -0.462 e. The molecule has 0 saturated heterocycles. The van der Waals surface area contributed by atoms with Crippen LogP contribution in [0.4, 0.5) is 4.39 Å². The molecule has 0 unspecified atom stereocenters. The molecule has 1 rings (SSSR count). The fourth-order valence-electron chi connectivity index (χ4n) is 0.966. The van der Waals surface area contributed by atoms with Crippen molar-refractivity contribution >= 4 is 28.0 Å². The third-order valence-electron chi connectivity index (χ3n) is 1.64. The highest BCUT2D eigenvalue weighted by molar-refractivity contribution is 9.10. The summed E-state index contributed by atoms with van der Waals surface area (Å²) in [6.07, 6.45) is 3.35. The van der Waals surface area contributed by atoms with Crippen LogP contribution in [0.25, 0.3) is 6.08 Å². The Balaban J connectivity index is 2.57. The first-order valence-electron chi connectivity index (χ1n) is 4.34. The van der Waals surface area contributed by atoms with Gasteiger partial charge in [0, 0.05) is 6.92 Å². The van der Waals surface area contributed by atoms with E-state index in [0.29, 0.717) is 4.47 Å². The van der Waals surface area contributed by atoms with Gasteiger partial charge >= 0.3 is 5.97 Å². The van der Waals surface area contributed by atoms with Crippen LogP contribution in [0.15, 0.2) is 28.7 Å². The first kappa shape index (κ1) is 11.9. The lowest BCUT2D eigenvalue weighted by Crippen LogP contribution is -1.97. The van der Waals surface area contributed by atoms with Gasteiger partial charge in [-0.3, -0.25) is 4.79 Å². The highest BCUT2D eigenvalue weighted by Gasteiger charge is 1.97. The maximum Gasteiger partial charge on any atom is 0.302 e. The standard InChI is InChI=1S/C11H10BrFO2/c1-8(14)15-6-2-3-9-4-5-10(12)11(13)7-9/h2-5,7H,6H2,1H3/b3-2+. The minimum atomic E-state index is -0.332. The molecule has 0 amide bonds. The molecule has 4 heteroatoms. The molecule has 0 N–H and O–H groups in total. The van der Waals surface area contributed by atoms with Gasteiger partial charge < -0.3 is 4.74 Å². The van der Waals surface area contributed by atoms with Crippen molar-refractivity contribution < 1.29 is 13.9 Å². The average Bonchev–Trinajstić information content (AvgIpc) is 2.18. The Morgan fingerprint density at radius 2 is 2.33 bits per heavy atom. The Morgan fingerprint density at radius 1 is 1.60 bits per heavy atom. The van der Waals surface area contributed by atoms with E-state index in [4.69, 9.17) is 0 Å². The van der Waals surface area contributed by atoms with Crippen LogP contribution in [0.3, 0.4) is 0 Å². The molecular weight excluding hydrogens is 263 g/mol. The number of rotatable bonds is 3. The van der Waals surface area contributed by atoms with Crippen LogP contribution >= 0.6 is 15.9 Å². The first-order chi connectivity index (χ1) is 7.09. The summed E-state index contributed by atoms with van der Waals surface area (Å²) >= 11 is 3.06. The van der Waals surface area contributed by atoms with Crippen molar-refractivity contribution in [3.05, 3.63) is 40.1 Å². The third kappa shape index (κ3) is 4.25. The number of hydrogen-bond donors (Lipinski definition) is 0. The predicted molar refractivity (Wildman–Crippen MR) is 59.8 cm³/mol. The largest absolute Gasteiger partial charge is 0.462 e. The van der Waals surface area contributed by atoms with Crippen LogP contribution in [0.1, 0.15) is 12.5 Å². The van der Waals surface area contributed by atoms with Crippen LogP contribution in [0, 0.1) is 5.82 Å². The van der Waals surface area contributed by atoms with Crippen molar-refractivity contribution in [2.75, 3.05) is 6.61 Å². The molecule has 0 aromatic heterocycles. The monoisotopic (exact) mass is 272 g/mol. The van der Waals surface area contributed by atoms with Gasteiger partial charge in [0.05, 0.1) is 4.47 Å². The zero-order valence-corrected chi connectivity index (χ0v) is 9.75. The van der Waals surface area contributed by atoms with Crippen LogP contribution in [-0.2, 0) is 9.53 Å². The predicted octanol–water partition coefficient (Wildman–Crippen LogP) is 3.16. The molecule has 2 nitrogen and oxygen atoms in total. The molecule has 0 fully saturated rings. The van der Waals surface area contributed by atoms with Gasteiger partial charge in [0.2, 0.25) is 0 Å². The van der Waals surface area contributed by atoms with E-state index in [9.17, 15) is 9.18 Å². The van der Waals surface area contributed by atoms with E-state index < -0.39 is 0 Å². The van der Waals surface area contributed by atoms with Crippen molar-refractivity contribution in [2.45, 2.75) is 6.92 Å². The molecule has 0 aliphatic heterocycles. The second kappa shape index (κ2) is 5.66. The molecule has 0 bridgehead atoms. The molecule has 0 saturated carbocycles. The van der Waals surface area contributed by atoms with E-state index in [1.807, 2.05) is 0 Å². The van der Waals surface area contributed by atoms with Crippen molar-refractivity contribution in [3.8, 4) is 0 Å². The van der Waals surface area contributed by atoms with Crippen molar-refractivity contribution in [3.63, 3.8) is 0 Å². The molecule has 0 heterocycles. The van der Waals surface area contributed by atoms with E-state index in [0.717, 1.165) is 5.56 Å². The van der Waals surface area contributed by atoms with Gasteiger partial charge in [-0.25, -0.2) is 4.39 Å². The number of ether oxygens (including phenoxy) is 1. The molecule has 0 aliphatic carbocycles. The SMILES string of the molecule is CC(=O)OC/C=C/c1ccc(Br)c(F)c1. The van der Waals surface area contributed by atoms with Gasteiger partial charge in [0.1, 0.15) is 12.4 Å². The van der Waals surface area contributed by atoms with Gasteiger partial charge in [0.15, 0.2) is 0 Å². The van der Waals surface area contributed by atoms with Gasteiger partial charge in [0.25, 0.3) is 0 Å². The van der Waals surface area contributed by atoms with Crippen LogP contribution in [-0.4, -0.2) is 12.6 Å². The summed E-state index contributed by atoms with van der Waals surface area (Å²) < 4.78 is 18.2. The molecule has 1 aromatic rings. The number of halogens is 2. The average molecular weight is 273 g/mol. The Labute approximate surface area is 95.9 Å². The molecule has 0 spiro atoms. The van der Waals surface area contributed by atoms with Crippen LogP contribution in [0.5, 0.6) is 0 Å². The van der Waals surface area contributed by atoms with Crippen molar-refractivity contribution in [2.24, 2.45) is 0 Å².